The minimum atomic E-state index is -4.36. The number of alkyl halides is 3. The van der Waals surface area contributed by atoms with Crippen molar-refractivity contribution in [3.63, 3.8) is 0 Å². The molecule has 0 saturated heterocycles. The van der Waals surface area contributed by atoms with Crippen LogP contribution in [0.3, 0.4) is 0 Å². The molecular formula is C11H6F4. The van der Waals surface area contributed by atoms with Gasteiger partial charge in [0.05, 0.1) is 5.56 Å². The second-order valence-corrected chi connectivity index (χ2v) is 3.20. The van der Waals surface area contributed by atoms with Gasteiger partial charge in [-0.2, -0.15) is 13.2 Å². The van der Waals surface area contributed by atoms with Crippen LogP contribution in [-0.4, -0.2) is 0 Å². The van der Waals surface area contributed by atoms with E-state index in [-0.39, 0.29) is 0 Å². The summed E-state index contributed by atoms with van der Waals surface area (Å²) in [5.74, 6) is -0.456. The second kappa shape index (κ2) is 3.22. The Balaban J connectivity index is 2.62. The molecule has 0 saturated carbocycles. The monoisotopic (exact) mass is 214 g/mol. The molecule has 2 aromatic rings. The first-order valence-corrected chi connectivity index (χ1v) is 4.23. The van der Waals surface area contributed by atoms with Gasteiger partial charge in [-0.15, -0.1) is 0 Å². The van der Waals surface area contributed by atoms with Gasteiger partial charge in [0, 0.05) is 0 Å². The van der Waals surface area contributed by atoms with E-state index in [1.54, 1.807) is 0 Å². The summed E-state index contributed by atoms with van der Waals surface area (Å²) in [4.78, 5) is 0. The lowest BCUT2D eigenvalue weighted by Gasteiger charge is -2.07. The molecular weight excluding hydrogens is 208 g/mol. The maximum atomic E-state index is 12.7. The zero-order chi connectivity index (χ0) is 11.1. The Labute approximate surface area is 83.1 Å². The van der Waals surface area contributed by atoms with Crippen LogP contribution >= 0.6 is 0 Å². The number of hydrogen-bond donors (Lipinski definition) is 0. The van der Waals surface area contributed by atoms with Crippen LogP contribution in [0.4, 0.5) is 17.6 Å². The van der Waals surface area contributed by atoms with Crippen molar-refractivity contribution in [2.45, 2.75) is 6.18 Å². The summed E-state index contributed by atoms with van der Waals surface area (Å²) in [6.07, 6.45) is -4.36. The minimum absolute atomic E-state index is 0.381. The van der Waals surface area contributed by atoms with Gasteiger partial charge in [0.2, 0.25) is 0 Å². The molecule has 2 aromatic carbocycles. The van der Waals surface area contributed by atoms with Gasteiger partial charge in [0.25, 0.3) is 0 Å². The normalized spacial score (nSPS) is 12.0. The van der Waals surface area contributed by atoms with E-state index in [2.05, 4.69) is 0 Å². The molecule has 15 heavy (non-hydrogen) atoms. The van der Waals surface area contributed by atoms with Gasteiger partial charge >= 0.3 is 6.18 Å². The molecule has 0 N–H and O–H groups in total. The fraction of sp³-hybridized carbons (Fsp3) is 0.0909. The van der Waals surface area contributed by atoms with Crippen molar-refractivity contribution in [3.8, 4) is 0 Å². The summed E-state index contributed by atoms with van der Waals surface area (Å²) in [5.41, 5.74) is -0.721. The number of hydrogen-bond acceptors (Lipinski definition) is 0. The molecule has 78 valence electrons. The van der Waals surface area contributed by atoms with Gasteiger partial charge in [-0.3, -0.25) is 0 Å². The highest BCUT2D eigenvalue weighted by molar-refractivity contribution is 5.83. The van der Waals surface area contributed by atoms with Crippen LogP contribution in [0.5, 0.6) is 0 Å². The molecule has 0 bridgehead atoms. The molecule has 0 atom stereocenters. The summed E-state index contributed by atoms with van der Waals surface area (Å²) in [7, 11) is 0. The topological polar surface area (TPSA) is 0 Å². The summed E-state index contributed by atoms with van der Waals surface area (Å²) in [6, 6.07) is 6.90. The van der Waals surface area contributed by atoms with E-state index in [1.165, 1.54) is 18.2 Å². The minimum Gasteiger partial charge on any atom is -0.207 e. The zero-order valence-corrected chi connectivity index (χ0v) is 7.48. The van der Waals surface area contributed by atoms with E-state index in [4.69, 9.17) is 0 Å². The van der Waals surface area contributed by atoms with E-state index in [1.807, 2.05) is 0 Å². The van der Waals surface area contributed by atoms with Gasteiger partial charge in [-0.25, -0.2) is 4.39 Å². The molecule has 0 aliphatic heterocycles. The first kappa shape index (κ1) is 9.96. The Kier molecular flexibility index (Phi) is 2.14. The first-order valence-electron chi connectivity index (χ1n) is 4.23. The molecule has 0 spiro atoms. The van der Waals surface area contributed by atoms with E-state index >= 15 is 0 Å². The number of halogens is 4. The first-order chi connectivity index (χ1) is 6.97. The number of rotatable bonds is 0. The van der Waals surface area contributed by atoms with Crippen molar-refractivity contribution in [3.05, 3.63) is 47.8 Å². The summed E-state index contributed by atoms with van der Waals surface area (Å²) in [6.45, 7) is 0. The average Bonchev–Trinajstić information content (AvgIpc) is 2.15. The van der Waals surface area contributed by atoms with Crippen molar-refractivity contribution < 1.29 is 17.6 Å². The van der Waals surface area contributed by atoms with Gasteiger partial charge in [-0.1, -0.05) is 12.1 Å². The van der Waals surface area contributed by atoms with Crippen LogP contribution in [0.25, 0.3) is 10.8 Å². The maximum absolute atomic E-state index is 12.7. The van der Waals surface area contributed by atoms with Crippen LogP contribution in [0.15, 0.2) is 36.4 Å². The van der Waals surface area contributed by atoms with Crippen molar-refractivity contribution in [2.75, 3.05) is 0 Å². The predicted octanol–water partition coefficient (Wildman–Crippen LogP) is 4.00. The zero-order valence-electron chi connectivity index (χ0n) is 7.48. The smallest absolute Gasteiger partial charge is 0.207 e. The van der Waals surface area contributed by atoms with Crippen LogP contribution in [0.2, 0.25) is 0 Å². The summed E-state index contributed by atoms with van der Waals surface area (Å²) in [5, 5.41) is 0.842. The second-order valence-electron chi connectivity index (χ2n) is 3.20. The Morgan fingerprint density at radius 3 is 2.07 bits per heavy atom. The SMILES string of the molecule is Fc1ccc2cc(C(F)(F)F)ccc2c1. The molecule has 0 aromatic heterocycles. The van der Waals surface area contributed by atoms with Crippen molar-refractivity contribution in [2.24, 2.45) is 0 Å². The van der Waals surface area contributed by atoms with Crippen LogP contribution in [0, 0.1) is 5.82 Å². The van der Waals surface area contributed by atoms with E-state index in [0.29, 0.717) is 10.8 Å². The fourth-order valence-corrected chi connectivity index (χ4v) is 1.39. The lowest BCUT2D eigenvalue weighted by atomic mass is 10.1. The quantitative estimate of drug-likeness (QED) is 0.581. The molecule has 0 amide bonds. The van der Waals surface area contributed by atoms with Gasteiger partial charge in [-0.05, 0) is 35.0 Å². The molecule has 0 unspecified atom stereocenters. The molecule has 0 radical (unpaired) electrons. The van der Waals surface area contributed by atoms with Crippen molar-refractivity contribution >= 4 is 10.8 Å². The lowest BCUT2D eigenvalue weighted by Crippen LogP contribution is -2.04. The highest BCUT2D eigenvalue weighted by atomic mass is 19.4. The molecule has 2 rings (SSSR count). The number of fused-ring (bicyclic) bond motifs is 1. The van der Waals surface area contributed by atoms with Crippen LogP contribution in [-0.2, 0) is 6.18 Å². The Bertz CT molecular complexity index is 499. The van der Waals surface area contributed by atoms with E-state index in [9.17, 15) is 17.6 Å². The van der Waals surface area contributed by atoms with E-state index in [0.717, 1.165) is 18.2 Å². The highest BCUT2D eigenvalue weighted by Crippen LogP contribution is 2.31. The third-order valence-electron chi connectivity index (χ3n) is 2.13. The number of benzene rings is 2. The average molecular weight is 214 g/mol. The Morgan fingerprint density at radius 2 is 1.40 bits per heavy atom. The lowest BCUT2D eigenvalue weighted by molar-refractivity contribution is -0.137. The molecule has 0 aliphatic rings. The third kappa shape index (κ3) is 1.93. The predicted molar refractivity (Wildman–Crippen MR) is 48.9 cm³/mol. The van der Waals surface area contributed by atoms with Crippen LogP contribution in [0.1, 0.15) is 5.56 Å². The molecule has 0 fully saturated rings. The molecule has 4 heteroatoms. The van der Waals surface area contributed by atoms with Crippen LogP contribution < -0.4 is 0 Å². The third-order valence-corrected chi connectivity index (χ3v) is 2.13. The van der Waals surface area contributed by atoms with E-state index < -0.39 is 17.6 Å². The van der Waals surface area contributed by atoms with Gasteiger partial charge < -0.3 is 0 Å². The van der Waals surface area contributed by atoms with Gasteiger partial charge in [0.15, 0.2) is 0 Å². The molecule has 0 nitrogen and oxygen atoms in total. The summed E-state index contributed by atoms with van der Waals surface area (Å²) >= 11 is 0. The Hall–Kier alpha value is -1.58. The van der Waals surface area contributed by atoms with Gasteiger partial charge in [0.1, 0.15) is 5.82 Å². The standard InChI is InChI=1S/C11H6F4/c12-10-4-2-7-5-9(11(13,14)15)3-1-8(7)6-10/h1-6H. The summed E-state index contributed by atoms with van der Waals surface area (Å²) < 4.78 is 49.7. The maximum Gasteiger partial charge on any atom is 0.416 e. The molecule has 0 aliphatic carbocycles. The van der Waals surface area contributed by atoms with Crippen molar-refractivity contribution in [1.29, 1.82) is 0 Å². The van der Waals surface area contributed by atoms with Crippen molar-refractivity contribution in [1.82, 2.24) is 0 Å². The largest absolute Gasteiger partial charge is 0.416 e. The highest BCUT2D eigenvalue weighted by Gasteiger charge is 2.30. The fourth-order valence-electron chi connectivity index (χ4n) is 1.39. The molecule has 0 heterocycles. The Morgan fingerprint density at radius 1 is 0.800 bits per heavy atom.